The maximum Gasteiger partial charge on any atom is 0.425 e. The molecule has 10 heavy (non-hydrogen) atoms. The van der Waals surface area contributed by atoms with Crippen LogP contribution in [0.4, 0.5) is 18.0 Å². The van der Waals surface area contributed by atoms with E-state index in [0.717, 1.165) is 0 Å². The first-order chi connectivity index (χ1) is 4.34. The highest BCUT2D eigenvalue weighted by Crippen LogP contribution is 2.21. The van der Waals surface area contributed by atoms with Crippen LogP contribution in [-0.4, -0.2) is 18.4 Å². The molecule has 0 aliphatic heterocycles. The van der Waals surface area contributed by atoms with Crippen LogP contribution in [0, 0.1) is 0 Å². The summed E-state index contributed by atoms with van der Waals surface area (Å²) in [5.74, 6) is 0. The minimum Gasteiger partial charge on any atom is -0.437 e. The van der Waals surface area contributed by atoms with Crippen LogP contribution in [0.2, 0.25) is 0 Å². The van der Waals surface area contributed by atoms with E-state index in [1.165, 1.54) is 0 Å². The number of rotatable bonds is 1. The van der Waals surface area contributed by atoms with Crippen LogP contribution < -0.4 is 5.73 Å². The Morgan fingerprint density at radius 1 is 1.60 bits per heavy atom. The number of amides is 1. The third kappa shape index (κ3) is 3.16. The number of carbonyl (C=O) groups excluding carboxylic acids is 1. The summed E-state index contributed by atoms with van der Waals surface area (Å²) in [7, 11) is 0. The minimum absolute atomic E-state index is 0.699. The summed E-state index contributed by atoms with van der Waals surface area (Å²) in [6, 6.07) is 0. The van der Waals surface area contributed by atoms with Gasteiger partial charge in [-0.3, -0.25) is 0 Å². The Morgan fingerprint density at radius 3 is 2.10 bits per heavy atom. The lowest BCUT2D eigenvalue weighted by Crippen LogP contribution is -2.32. The van der Waals surface area contributed by atoms with Gasteiger partial charge in [-0.25, -0.2) is 4.79 Å². The van der Waals surface area contributed by atoms with Crippen molar-refractivity contribution in [3.05, 3.63) is 0 Å². The van der Waals surface area contributed by atoms with Crippen LogP contribution >= 0.6 is 0 Å². The molecule has 0 bridgehead atoms. The molecule has 0 aromatic carbocycles. The average Bonchev–Trinajstić information content (AvgIpc) is 1.60. The van der Waals surface area contributed by atoms with Crippen molar-refractivity contribution in [2.75, 3.05) is 0 Å². The minimum atomic E-state index is -4.53. The van der Waals surface area contributed by atoms with E-state index in [-0.39, 0.29) is 0 Å². The van der Waals surface area contributed by atoms with Gasteiger partial charge < -0.3 is 10.5 Å². The van der Waals surface area contributed by atoms with E-state index in [1.807, 2.05) is 0 Å². The molecule has 0 aromatic heterocycles. The van der Waals surface area contributed by atoms with E-state index in [9.17, 15) is 18.0 Å². The van der Waals surface area contributed by atoms with Gasteiger partial charge in [0.2, 0.25) is 0 Å². The third-order valence-corrected chi connectivity index (χ3v) is 0.754. The molecular weight excluding hydrogens is 151 g/mol. The van der Waals surface area contributed by atoms with E-state index in [4.69, 9.17) is 0 Å². The number of hydrogen-bond donors (Lipinski definition) is 1. The van der Waals surface area contributed by atoms with Gasteiger partial charge in [-0.05, 0) is 6.92 Å². The molecule has 3 nitrogen and oxygen atoms in total. The van der Waals surface area contributed by atoms with Gasteiger partial charge >= 0.3 is 12.3 Å². The number of halogens is 3. The standard InChI is InChI=1S/C4H6F3NO2/c1-2(4(5,6)7)10-3(8)9/h2H,1H3,(H2,8,9). The fourth-order valence-corrected chi connectivity index (χ4v) is 0.241. The highest BCUT2D eigenvalue weighted by atomic mass is 19.4. The Hall–Kier alpha value is -0.940. The van der Waals surface area contributed by atoms with E-state index in [0.29, 0.717) is 6.92 Å². The first-order valence-corrected chi connectivity index (χ1v) is 2.37. The van der Waals surface area contributed by atoms with E-state index >= 15 is 0 Å². The zero-order chi connectivity index (χ0) is 8.36. The van der Waals surface area contributed by atoms with Crippen LogP contribution in [0.5, 0.6) is 0 Å². The molecule has 0 spiro atoms. The monoisotopic (exact) mass is 157 g/mol. The molecule has 0 fully saturated rings. The zero-order valence-electron chi connectivity index (χ0n) is 5.11. The number of hydrogen-bond acceptors (Lipinski definition) is 2. The topological polar surface area (TPSA) is 52.3 Å². The number of ether oxygens (including phenoxy) is 1. The van der Waals surface area contributed by atoms with Crippen LogP contribution in [0.3, 0.4) is 0 Å². The van der Waals surface area contributed by atoms with Crippen LogP contribution in [0.15, 0.2) is 0 Å². The lowest BCUT2D eigenvalue weighted by molar-refractivity contribution is -0.196. The van der Waals surface area contributed by atoms with Gasteiger partial charge in [0, 0.05) is 0 Å². The van der Waals surface area contributed by atoms with E-state index in [2.05, 4.69) is 10.5 Å². The van der Waals surface area contributed by atoms with Gasteiger partial charge in [-0.2, -0.15) is 13.2 Å². The lowest BCUT2D eigenvalue weighted by atomic mass is 10.4. The summed E-state index contributed by atoms with van der Waals surface area (Å²) in [4.78, 5) is 9.76. The zero-order valence-corrected chi connectivity index (χ0v) is 5.11. The number of nitrogens with two attached hydrogens (primary N) is 1. The van der Waals surface area contributed by atoms with Crippen LogP contribution in [0.1, 0.15) is 6.92 Å². The number of primary amides is 1. The Labute approximate surface area is 54.9 Å². The molecule has 1 amide bonds. The molecule has 0 aliphatic carbocycles. The second kappa shape index (κ2) is 2.76. The molecule has 1 atom stereocenters. The highest BCUT2D eigenvalue weighted by molar-refractivity contribution is 5.64. The van der Waals surface area contributed by atoms with Gasteiger partial charge in [-0.15, -0.1) is 0 Å². The fraction of sp³-hybridized carbons (Fsp3) is 0.750. The molecule has 0 aromatic rings. The van der Waals surface area contributed by atoms with Crippen molar-refractivity contribution in [3.63, 3.8) is 0 Å². The van der Waals surface area contributed by atoms with E-state index in [1.54, 1.807) is 0 Å². The Bertz CT molecular complexity index is 133. The predicted octanol–water partition coefficient (Wildman–Crippen LogP) is 1.03. The Balaban J connectivity index is 3.85. The molecule has 60 valence electrons. The molecule has 0 heterocycles. The molecule has 2 N–H and O–H groups in total. The second-order valence-corrected chi connectivity index (χ2v) is 1.62. The summed E-state index contributed by atoms with van der Waals surface area (Å²) in [6.45, 7) is 0.699. The number of alkyl halides is 3. The molecule has 0 rings (SSSR count). The fourth-order valence-electron chi connectivity index (χ4n) is 0.241. The summed E-state index contributed by atoms with van der Waals surface area (Å²) in [5.41, 5.74) is 4.33. The Kier molecular flexibility index (Phi) is 2.50. The molecule has 1 unspecified atom stereocenters. The SMILES string of the molecule is CC(OC(N)=O)C(F)(F)F. The van der Waals surface area contributed by atoms with Gasteiger partial charge in [0.1, 0.15) is 0 Å². The molecule has 6 heteroatoms. The van der Waals surface area contributed by atoms with Crippen molar-refractivity contribution in [3.8, 4) is 0 Å². The van der Waals surface area contributed by atoms with Crippen molar-refractivity contribution in [2.45, 2.75) is 19.2 Å². The van der Waals surface area contributed by atoms with Crippen molar-refractivity contribution < 1.29 is 22.7 Å². The number of carbonyl (C=O) groups is 1. The van der Waals surface area contributed by atoms with Gasteiger partial charge in [0.05, 0.1) is 0 Å². The van der Waals surface area contributed by atoms with Crippen LogP contribution in [-0.2, 0) is 4.74 Å². The van der Waals surface area contributed by atoms with Crippen molar-refractivity contribution in [1.29, 1.82) is 0 Å². The van der Waals surface area contributed by atoms with Crippen molar-refractivity contribution in [1.82, 2.24) is 0 Å². The van der Waals surface area contributed by atoms with Crippen LogP contribution in [0.25, 0.3) is 0 Å². The first kappa shape index (κ1) is 9.06. The summed E-state index contributed by atoms with van der Waals surface area (Å²) in [6.07, 6.45) is -8.09. The Morgan fingerprint density at radius 2 is 2.00 bits per heavy atom. The molecule has 0 saturated heterocycles. The molecular formula is C4H6F3NO2. The maximum absolute atomic E-state index is 11.5. The maximum atomic E-state index is 11.5. The van der Waals surface area contributed by atoms with Crippen molar-refractivity contribution >= 4 is 6.09 Å². The predicted molar refractivity (Wildman–Crippen MR) is 26.2 cm³/mol. The van der Waals surface area contributed by atoms with E-state index < -0.39 is 18.4 Å². The highest BCUT2D eigenvalue weighted by Gasteiger charge is 2.38. The van der Waals surface area contributed by atoms with Gasteiger partial charge in [0.25, 0.3) is 0 Å². The molecule has 0 saturated carbocycles. The smallest absolute Gasteiger partial charge is 0.425 e. The molecule has 0 radical (unpaired) electrons. The van der Waals surface area contributed by atoms with Gasteiger partial charge in [0.15, 0.2) is 6.10 Å². The first-order valence-electron chi connectivity index (χ1n) is 2.37. The third-order valence-electron chi connectivity index (χ3n) is 0.754. The summed E-state index contributed by atoms with van der Waals surface area (Å²) in [5, 5.41) is 0. The lowest BCUT2D eigenvalue weighted by Gasteiger charge is -2.13. The summed E-state index contributed by atoms with van der Waals surface area (Å²) < 4.78 is 38.1. The normalized spacial score (nSPS) is 14.4. The summed E-state index contributed by atoms with van der Waals surface area (Å²) >= 11 is 0. The molecule has 0 aliphatic rings. The largest absolute Gasteiger partial charge is 0.437 e. The quantitative estimate of drug-likeness (QED) is 0.618. The second-order valence-electron chi connectivity index (χ2n) is 1.62. The van der Waals surface area contributed by atoms with Gasteiger partial charge in [-0.1, -0.05) is 0 Å². The average molecular weight is 157 g/mol. The van der Waals surface area contributed by atoms with Crippen molar-refractivity contribution in [2.24, 2.45) is 5.73 Å².